The molecule has 226 valence electrons. The molecule has 3 aliphatic rings. The van der Waals surface area contributed by atoms with E-state index in [-0.39, 0.29) is 41.2 Å². The second-order valence-corrected chi connectivity index (χ2v) is 15.1. The zero-order valence-corrected chi connectivity index (χ0v) is 26.1. The number of ether oxygens (including phenoxy) is 1. The predicted molar refractivity (Wildman–Crippen MR) is 155 cm³/mol. The first-order valence-corrected chi connectivity index (χ1v) is 15.7. The van der Waals surface area contributed by atoms with E-state index in [1.807, 2.05) is 20.8 Å². The van der Waals surface area contributed by atoms with Crippen LogP contribution >= 0.6 is 11.3 Å². The van der Waals surface area contributed by atoms with Crippen LogP contribution in [0.25, 0.3) is 0 Å². The number of aromatic nitrogens is 1. The molecule has 2 amide bonds. The molecule has 2 unspecified atom stereocenters. The van der Waals surface area contributed by atoms with E-state index in [1.54, 1.807) is 17.2 Å². The number of likely N-dealkylation sites (tertiary alicyclic amines) is 1. The van der Waals surface area contributed by atoms with Crippen LogP contribution in [0.2, 0.25) is 0 Å². The molecule has 2 N–H and O–H groups in total. The summed E-state index contributed by atoms with van der Waals surface area (Å²) in [5, 5.41) is 2.32. The van der Waals surface area contributed by atoms with Gasteiger partial charge in [0.25, 0.3) is 5.91 Å². The van der Waals surface area contributed by atoms with Crippen molar-refractivity contribution in [2.45, 2.75) is 99.0 Å². The maximum Gasteiger partial charge on any atom is 0.357 e. The minimum absolute atomic E-state index is 0.00993. The standard InChI is InChI=1S/C31H45N3O6S/c1-7-40-28(39)21-15-41-24(33-21)13-20(29(2,3)4)27(38)34-17-31(16-30(31,5)6)14-22(34)23(35)12-19(25(36)26(32)37)11-18-9-8-10-18/h15,18-20,22H,7-14,16-17H2,1-6H3,(H2,32,37)/t19?,20-,22+,31?/m1/s1. The Kier molecular flexibility index (Phi) is 8.84. The quantitative estimate of drug-likeness (QED) is 0.283. The number of rotatable bonds is 12. The third-order valence-corrected chi connectivity index (χ3v) is 10.7. The predicted octanol–water partition coefficient (Wildman–Crippen LogP) is 4.36. The Morgan fingerprint density at radius 1 is 1.20 bits per heavy atom. The molecule has 41 heavy (non-hydrogen) atoms. The summed E-state index contributed by atoms with van der Waals surface area (Å²) in [4.78, 5) is 71.2. The number of nitrogens with two attached hydrogens (primary N) is 1. The molecule has 1 aliphatic heterocycles. The third kappa shape index (κ3) is 6.57. The highest BCUT2D eigenvalue weighted by molar-refractivity contribution is 7.09. The van der Waals surface area contributed by atoms with Gasteiger partial charge in [-0.1, -0.05) is 53.9 Å². The summed E-state index contributed by atoms with van der Waals surface area (Å²) in [5.41, 5.74) is 5.03. The van der Waals surface area contributed by atoms with Crippen LogP contribution < -0.4 is 5.73 Å². The van der Waals surface area contributed by atoms with Crippen LogP contribution in [0.15, 0.2) is 5.38 Å². The molecular weight excluding hydrogens is 542 g/mol. The summed E-state index contributed by atoms with van der Waals surface area (Å²) in [6.45, 7) is 12.8. The Labute approximate surface area is 247 Å². The molecule has 0 aromatic carbocycles. The number of amides is 2. The molecule has 1 saturated heterocycles. The van der Waals surface area contributed by atoms with E-state index in [1.165, 1.54) is 11.3 Å². The van der Waals surface area contributed by atoms with Gasteiger partial charge in [-0.25, -0.2) is 9.78 Å². The zero-order chi connectivity index (χ0) is 30.3. The number of hydrogen-bond acceptors (Lipinski definition) is 8. The summed E-state index contributed by atoms with van der Waals surface area (Å²) in [6, 6.07) is -0.648. The van der Waals surface area contributed by atoms with Crippen LogP contribution in [0.5, 0.6) is 0 Å². The van der Waals surface area contributed by atoms with Crippen LogP contribution in [0.3, 0.4) is 0 Å². The highest BCUT2D eigenvalue weighted by Crippen LogP contribution is 2.69. The molecule has 0 radical (unpaired) electrons. The van der Waals surface area contributed by atoms with Gasteiger partial charge in [0.05, 0.1) is 17.7 Å². The van der Waals surface area contributed by atoms with Gasteiger partial charge < -0.3 is 15.4 Å². The Balaban J connectivity index is 1.58. The van der Waals surface area contributed by atoms with Crippen molar-refractivity contribution in [3.63, 3.8) is 0 Å². The maximum absolute atomic E-state index is 14.4. The van der Waals surface area contributed by atoms with Crippen LogP contribution in [0.4, 0.5) is 0 Å². The van der Waals surface area contributed by atoms with Gasteiger partial charge in [0, 0.05) is 36.6 Å². The number of carbonyl (C=O) groups is 5. The number of nitrogens with zero attached hydrogens (tertiary/aromatic N) is 2. The fraction of sp³-hybridized carbons (Fsp3) is 0.742. The summed E-state index contributed by atoms with van der Waals surface area (Å²) in [7, 11) is 0. The minimum Gasteiger partial charge on any atom is -0.461 e. The molecular formula is C31H45N3O6S. The summed E-state index contributed by atoms with van der Waals surface area (Å²) in [5.74, 6) is -3.33. The van der Waals surface area contributed by atoms with Gasteiger partial charge in [-0.3, -0.25) is 19.2 Å². The smallest absolute Gasteiger partial charge is 0.357 e. The zero-order valence-electron chi connectivity index (χ0n) is 25.3. The number of carbonyl (C=O) groups excluding carboxylic acids is 5. The lowest BCUT2D eigenvalue weighted by atomic mass is 9.76. The second-order valence-electron chi connectivity index (χ2n) is 14.1. The van der Waals surface area contributed by atoms with Crippen LogP contribution in [0.1, 0.15) is 102 Å². The summed E-state index contributed by atoms with van der Waals surface area (Å²) in [6.07, 6.45) is 5.31. The number of thiazole rings is 1. The molecule has 2 heterocycles. The molecule has 10 heteroatoms. The summed E-state index contributed by atoms with van der Waals surface area (Å²) < 4.78 is 5.07. The van der Waals surface area contributed by atoms with Crippen LogP contribution in [-0.2, 0) is 30.3 Å². The average molecular weight is 588 g/mol. The molecule has 2 saturated carbocycles. The number of esters is 1. The molecule has 1 aromatic rings. The van der Waals surface area contributed by atoms with Crippen molar-refractivity contribution >= 4 is 40.7 Å². The summed E-state index contributed by atoms with van der Waals surface area (Å²) >= 11 is 1.32. The van der Waals surface area contributed by atoms with Gasteiger partial charge in [0.2, 0.25) is 11.7 Å². The molecule has 1 aromatic heterocycles. The van der Waals surface area contributed by atoms with Gasteiger partial charge in [0.1, 0.15) is 0 Å². The SMILES string of the molecule is CCOC(=O)c1csc(C[C@H](C(=O)N2CC3(C[C@H]2C(=O)CC(CC2CCC2)C(=O)C(N)=O)CC3(C)C)C(C)(C)C)n1. The highest BCUT2D eigenvalue weighted by atomic mass is 32.1. The number of primary amides is 1. The Hall–Kier alpha value is -2.62. The van der Waals surface area contributed by atoms with Crippen LogP contribution in [-0.4, -0.2) is 58.4 Å². The van der Waals surface area contributed by atoms with E-state index in [0.717, 1.165) is 25.7 Å². The van der Waals surface area contributed by atoms with E-state index >= 15 is 0 Å². The average Bonchev–Trinajstić information content (AvgIpc) is 3.21. The lowest BCUT2D eigenvalue weighted by Gasteiger charge is -2.35. The second kappa shape index (κ2) is 11.6. The van der Waals surface area contributed by atoms with Crippen molar-refractivity contribution in [3.05, 3.63) is 16.1 Å². The number of hydrogen-bond donors (Lipinski definition) is 1. The number of ketones is 2. The monoisotopic (exact) mass is 587 g/mol. The topological polar surface area (TPSA) is 137 Å². The maximum atomic E-state index is 14.4. The Bertz CT molecular complexity index is 1210. The molecule has 9 nitrogen and oxygen atoms in total. The first-order valence-electron chi connectivity index (χ1n) is 14.9. The third-order valence-electron chi connectivity index (χ3n) is 9.84. The van der Waals surface area contributed by atoms with E-state index < -0.39 is 41.0 Å². The molecule has 0 bridgehead atoms. The fourth-order valence-electron chi connectivity index (χ4n) is 6.76. The number of Topliss-reactive ketones (excluding diaryl/α,β-unsaturated/α-hetero) is 2. The molecule has 4 rings (SSSR count). The Morgan fingerprint density at radius 3 is 2.37 bits per heavy atom. The van der Waals surface area contributed by atoms with E-state index in [4.69, 9.17) is 10.5 Å². The van der Waals surface area contributed by atoms with Gasteiger partial charge in [-0.05, 0) is 48.3 Å². The van der Waals surface area contributed by atoms with Crippen molar-refractivity contribution < 1.29 is 28.7 Å². The van der Waals surface area contributed by atoms with Gasteiger partial charge >= 0.3 is 5.97 Å². The molecule has 2 aliphatic carbocycles. The van der Waals surface area contributed by atoms with Crippen LogP contribution in [0, 0.1) is 34.0 Å². The lowest BCUT2D eigenvalue weighted by Crippen LogP contribution is -2.48. The normalized spacial score (nSPS) is 24.9. The van der Waals surface area contributed by atoms with Gasteiger partial charge in [-0.15, -0.1) is 11.3 Å². The van der Waals surface area contributed by atoms with Crippen molar-refractivity contribution in [2.75, 3.05) is 13.2 Å². The molecule has 3 fully saturated rings. The van der Waals surface area contributed by atoms with Crippen molar-refractivity contribution in [2.24, 2.45) is 39.7 Å². The van der Waals surface area contributed by atoms with Crippen molar-refractivity contribution in [1.82, 2.24) is 9.88 Å². The lowest BCUT2D eigenvalue weighted by molar-refractivity contribution is -0.145. The fourth-order valence-corrected chi connectivity index (χ4v) is 7.57. The largest absolute Gasteiger partial charge is 0.461 e. The van der Waals surface area contributed by atoms with E-state index in [0.29, 0.717) is 36.7 Å². The first-order chi connectivity index (χ1) is 19.1. The van der Waals surface area contributed by atoms with Crippen molar-refractivity contribution in [1.29, 1.82) is 0 Å². The first kappa shape index (κ1) is 31.3. The van der Waals surface area contributed by atoms with E-state index in [9.17, 15) is 24.0 Å². The van der Waals surface area contributed by atoms with E-state index in [2.05, 4.69) is 18.8 Å². The minimum atomic E-state index is -1.00. The van der Waals surface area contributed by atoms with Gasteiger partial charge in [0.15, 0.2) is 11.5 Å². The van der Waals surface area contributed by atoms with Crippen molar-refractivity contribution in [3.8, 4) is 0 Å². The highest BCUT2D eigenvalue weighted by Gasteiger charge is 2.67. The van der Waals surface area contributed by atoms with Gasteiger partial charge in [-0.2, -0.15) is 0 Å². The molecule has 4 atom stereocenters. The Morgan fingerprint density at radius 2 is 1.85 bits per heavy atom. The molecule has 1 spiro atoms.